The summed E-state index contributed by atoms with van der Waals surface area (Å²) < 4.78 is 7.95. The number of rotatable bonds is 5. The van der Waals surface area contributed by atoms with Crippen molar-refractivity contribution >= 4 is 69.9 Å². The van der Waals surface area contributed by atoms with Crippen LogP contribution < -0.4 is 4.74 Å². The number of ether oxygens (including phenoxy) is 2. The molecule has 0 N–H and O–H groups in total. The summed E-state index contributed by atoms with van der Waals surface area (Å²) in [7, 11) is 0. The second-order valence-electron chi connectivity index (χ2n) is 3.80. The molecule has 0 unspecified atom stereocenters. The lowest BCUT2D eigenvalue weighted by molar-refractivity contribution is -0.146. The third-order valence-corrected chi connectivity index (χ3v) is 3.20. The van der Waals surface area contributed by atoms with Crippen molar-refractivity contribution in [3.05, 3.63) is 28.2 Å². The molecule has 0 bridgehead atoms. The molecule has 0 radical (unpaired) electrons. The summed E-state index contributed by atoms with van der Waals surface area (Å²) in [6.45, 7) is -0.397. The minimum absolute atomic E-state index is 0.115. The van der Waals surface area contributed by atoms with Gasteiger partial charge < -0.3 is 9.47 Å². The van der Waals surface area contributed by atoms with E-state index >= 15 is 0 Å². The van der Waals surface area contributed by atoms with Crippen LogP contribution in [0.25, 0.3) is 0 Å². The Balaban J connectivity index is 2.41. The minimum atomic E-state index is -1.69. The van der Waals surface area contributed by atoms with E-state index in [4.69, 9.17) is 62.7 Å². The molecule has 4 nitrogen and oxygen atoms in total. The Hall–Kier alpha value is -0.390. The molecule has 116 valence electrons. The van der Waals surface area contributed by atoms with Crippen molar-refractivity contribution in [2.45, 2.75) is 16.6 Å². The molecule has 0 aliphatic rings. The number of carbonyl (C=O) groups is 2. The summed E-state index contributed by atoms with van der Waals surface area (Å²) >= 11 is 27.9. The maximum absolute atomic E-state index is 11.6. The smallest absolute Gasteiger partial charge is 0.311 e. The van der Waals surface area contributed by atoms with Crippen molar-refractivity contribution in [3.63, 3.8) is 0 Å². The van der Waals surface area contributed by atoms with Gasteiger partial charge in [-0.2, -0.15) is 0 Å². The molecule has 1 aromatic carbocycles. The fourth-order valence-electron chi connectivity index (χ4n) is 1.18. The molecule has 0 fully saturated rings. The van der Waals surface area contributed by atoms with Gasteiger partial charge in [0, 0.05) is 0 Å². The Kier molecular flexibility index (Phi) is 7.37. The average molecular weight is 394 g/mol. The van der Waals surface area contributed by atoms with Crippen molar-refractivity contribution in [2.24, 2.45) is 0 Å². The Morgan fingerprint density at radius 2 is 1.67 bits per heavy atom. The summed E-state index contributed by atoms with van der Waals surface area (Å²) in [5.74, 6) is -1.23. The maximum Gasteiger partial charge on any atom is 0.311 e. The lowest BCUT2D eigenvalue weighted by Gasteiger charge is -2.11. The van der Waals surface area contributed by atoms with E-state index in [9.17, 15) is 9.59 Å². The van der Waals surface area contributed by atoms with E-state index in [1.165, 1.54) is 6.07 Å². The molecule has 0 heterocycles. The summed E-state index contributed by atoms with van der Waals surface area (Å²) in [5.41, 5.74) is 0. The molecule has 1 aromatic rings. The van der Waals surface area contributed by atoms with Crippen molar-refractivity contribution in [2.75, 3.05) is 6.61 Å². The van der Waals surface area contributed by atoms with E-state index in [1.54, 1.807) is 12.1 Å². The fourth-order valence-corrected chi connectivity index (χ4v) is 1.67. The summed E-state index contributed by atoms with van der Waals surface area (Å²) in [6.07, 6.45) is -0.417. The van der Waals surface area contributed by atoms with E-state index in [1.807, 2.05) is 0 Å². The zero-order valence-corrected chi connectivity index (χ0v) is 14.2. The number of alkyl halides is 3. The fraction of sp³-hybridized carbons (Fsp3) is 0.333. The molecule has 0 aliphatic carbocycles. The highest BCUT2D eigenvalue weighted by Crippen LogP contribution is 2.31. The topological polar surface area (TPSA) is 52.6 Å². The van der Waals surface area contributed by atoms with Gasteiger partial charge in [-0.3, -0.25) is 9.59 Å². The van der Waals surface area contributed by atoms with Gasteiger partial charge >= 0.3 is 11.9 Å². The van der Waals surface area contributed by atoms with Gasteiger partial charge in [-0.1, -0.05) is 64.1 Å². The number of benzene rings is 1. The predicted molar refractivity (Wildman–Crippen MR) is 82.6 cm³/mol. The molecule has 1 rings (SSSR count). The van der Waals surface area contributed by atoms with Gasteiger partial charge in [0.05, 0.1) is 17.9 Å². The van der Waals surface area contributed by atoms with Gasteiger partial charge in [-0.25, -0.2) is 0 Å². The lowest BCUT2D eigenvalue weighted by Crippen LogP contribution is -2.18. The van der Waals surface area contributed by atoms with Crippen molar-refractivity contribution in [3.8, 4) is 5.75 Å². The molecule has 0 atom stereocenters. The van der Waals surface area contributed by atoms with Crippen molar-refractivity contribution in [1.29, 1.82) is 0 Å². The van der Waals surface area contributed by atoms with Gasteiger partial charge in [0.15, 0.2) is 5.75 Å². The number of halogens is 5. The highest BCUT2D eigenvalue weighted by atomic mass is 35.6. The molecule has 0 saturated heterocycles. The van der Waals surface area contributed by atoms with Gasteiger partial charge in [0.1, 0.15) is 11.6 Å². The molecule has 0 amide bonds. The molecule has 0 spiro atoms. The molecule has 0 aliphatic heterocycles. The lowest BCUT2D eigenvalue weighted by atomic mass is 10.3. The minimum Gasteiger partial charge on any atom is -0.461 e. The van der Waals surface area contributed by atoms with Crippen LogP contribution in [0.3, 0.4) is 0 Å². The number of esters is 2. The largest absolute Gasteiger partial charge is 0.461 e. The second-order valence-corrected chi connectivity index (χ2v) is 7.10. The SMILES string of the molecule is O=C(CCC(=O)Oc1cccc(Cl)c1Cl)OCC(Cl)(Cl)Cl. The highest BCUT2D eigenvalue weighted by molar-refractivity contribution is 6.67. The highest BCUT2D eigenvalue weighted by Gasteiger charge is 2.22. The van der Waals surface area contributed by atoms with E-state index in [2.05, 4.69) is 4.74 Å². The first kappa shape index (κ1) is 18.7. The Labute approximate surface area is 146 Å². The monoisotopic (exact) mass is 392 g/mol. The number of hydrogen-bond donors (Lipinski definition) is 0. The van der Waals surface area contributed by atoms with Crippen LogP contribution >= 0.6 is 58.0 Å². The standard InChI is InChI=1S/C12H9Cl5O4/c13-7-2-1-3-8(11(7)14)21-10(19)5-4-9(18)20-6-12(15,16)17/h1-3H,4-6H2. The van der Waals surface area contributed by atoms with E-state index < -0.39 is 22.3 Å². The summed E-state index contributed by atoms with van der Waals surface area (Å²) in [4.78, 5) is 22.9. The van der Waals surface area contributed by atoms with Gasteiger partial charge in [0.25, 0.3) is 0 Å². The maximum atomic E-state index is 11.6. The third kappa shape index (κ3) is 7.43. The number of carbonyl (C=O) groups excluding carboxylic acids is 2. The van der Waals surface area contributed by atoms with Crippen LogP contribution in [0.5, 0.6) is 5.75 Å². The third-order valence-electron chi connectivity index (χ3n) is 2.07. The van der Waals surface area contributed by atoms with E-state index in [0.717, 1.165) is 0 Å². The Bertz CT molecular complexity index is 527. The molecular formula is C12H9Cl5O4. The van der Waals surface area contributed by atoms with E-state index in [-0.39, 0.29) is 28.6 Å². The second kappa shape index (κ2) is 8.30. The Morgan fingerprint density at radius 3 is 2.29 bits per heavy atom. The zero-order valence-electron chi connectivity index (χ0n) is 10.4. The normalized spacial score (nSPS) is 11.1. The first-order valence-electron chi connectivity index (χ1n) is 5.56. The van der Waals surface area contributed by atoms with Crippen molar-refractivity contribution in [1.82, 2.24) is 0 Å². The summed E-state index contributed by atoms with van der Waals surface area (Å²) in [6, 6.07) is 4.61. The van der Waals surface area contributed by atoms with Gasteiger partial charge in [-0.15, -0.1) is 0 Å². The van der Waals surface area contributed by atoms with Crippen LogP contribution in [0.15, 0.2) is 18.2 Å². The number of hydrogen-bond acceptors (Lipinski definition) is 4. The average Bonchev–Trinajstić information content (AvgIpc) is 2.38. The molecule has 0 saturated carbocycles. The van der Waals surface area contributed by atoms with Crippen LogP contribution in [0.1, 0.15) is 12.8 Å². The molecule has 0 aromatic heterocycles. The van der Waals surface area contributed by atoms with E-state index in [0.29, 0.717) is 0 Å². The van der Waals surface area contributed by atoms with Crippen LogP contribution in [0, 0.1) is 0 Å². The zero-order chi connectivity index (χ0) is 16.0. The van der Waals surface area contributed by atoms with Crippen molar-refractivity contribution < 1.29 is 19.1 Å². The molecular weight excluding hydrogens is 385 g/mol. The van der Waals surface area contributed by atoms with Crippen LogP contribution in [-0.2, 0) is 14.3 Å². The summed E-state index contributed by atoms with van der Waals surface area (Å²) in [5, 5.41) is 0.371. The van der Waals surface area contributed by atoms with Gasteiger partial charge in [0.2, 0.25) is 3.79 Å². The first-order valence-corrected chi connectivity index (χ1v) is 7.45. The molecule has 21 heavy (non-hydrogen) atoms. The first-order chi connectivity index (χ1) is 9.69. The quantitative estimate of drug-likeness (QED) is 0.416. The van der Waals surface area contributed by atoms with Crippen LogP contribution in [-0.4, -0.2) is 22.3 Å². The van der Waals surface area contributed by atoms with Gasteiger partial charge in [-0.05, 0) is 12.1 Å². The van der Waals surface area contributed by atoms with Crippen LogP contribution in [0.2, 0.25) is 10.0 Å². The predicted octanol–water partition coefficient (Wildman–Crippen LogP) is 4.59. The van der Waals surface area contributed by atoms with Crippen LogP contribution in [0.4, 0.5) is 0 Å². The Morgan fingerprint density at radius 1 is 1.05 bits per heavy atom. The molecule has 9 heteroatoms.